The summed E-state index contributed by atoms with van der Waals surface area (Å²) in [6.45, 7) is 7.43. The maximum absolute atomic E-state index is 12.7. The average Bonchev–Trinajstić information content (AvgIpc) is 2.99. The van der Waals surface area contributed by atoms with E-state index in [4.69, 9.17) is 15.2 Å². The minimum Gasteiger partial charge on any atom is -0.493 e. The Morgan fingerprint density at radius 3 is 2.52 bits per heavy atom. The molecule has 1 heterocycles. The number of Topliss-reactive ketones (excluding diaryl/α,β-unsaturated/α-hetero) is 1. The number of hydrogen-bond donors (Lipinski definition) is 1. The molecule has 6 heteroatoms. The molecule has 2 N–H and O–H groups in total. The number of ketones is 1. The summed E-state index contributed by atoms with van der Waals surface area (Å²) < 4.78 is 11.8. The molecule has 2 atom stereocenters. The molecule has 1 fully saturated rings. The number of nitrogens with zero attached hydrogens (tertiary/aromatic N) is 1. The van der Waals surface area contributed by atoms with Gasteiger partial charge in [-0.1, -0.05) is 18.2 Å². The van der Waals surface area contributed by atoms with Crippen LogP contribution in [0.5, 0.6) is 5.75 Å². The number of rotatable bonds is 4. The monoisotopic (exact) mass is 450 g/mol. The van der Waals surface area contributed by atoms with Crippen molar-refractivity contribution in [1.82, 2.24) is 4.90 Å². The Balaban J connectivity index is 1.50. The third-order valence-electron chi connectivity index (χ3n) is 6.53. The molecule has 2 aromatic carbocycles. The zero-order chi connectivity index (χ0) is 23.6. The number of carbonyl (C=O) groups excluding carboxylic acids is 2. The minimum atomic E-state index is -0.521. The maximum Gasteiger partial charge on any atom is 0.410 e. The smallest absolute Gasteiger partial charge is 0.410 e. The van der Waals surface area contributed by atoms with Crippen molar-refractivity contribution in [3.8, 4) is 5.75 Å². The third-order valence-corrected chi connectivity index (χ3v) is 6.53. The number of likely N-dealkylation sites (tertiary alicyclic amines) is 1. The van der Waals surface area contributed by atoms with E-state index in [1.54, 1.807) is 0 Å². The summed E-state index contributed by atoms with van der Waals surface area (Å²) in [6, 6.07) is 13.8. The summed E-state index contributed by atoms with van der Waals surface area (Å²) in [5.74, 6) is 1.37. The molecular formula is C27H34N2O4. The molecule has 0 aromatic heterocycles. The zero-order valence-electron chi connectivity index (χ0n) is 19.8. The fraction of sp³-hybridized carbons (Fsp3) is 0.481. The number of benzene rings is 2. The zero-order valence-corrected chi connectivity index (χ0v) is 19.8. The molecule has 4 rings (SSSR count). The lowest BCUT2D eigenvalue weighted by atomic mass is 9.83. The van der Waals surface area contributed by atoms with E-state index in [9.17, 15) is 9.59 Å². The van der Waals surface area contributed by atoms with Gasteiger partial charge in [-0.05, 0) is 81.3 Å². The highest BCUT2D eigenvalue weighted by Gasteiger charge is 2.32. The van der Waals surface area contributed by atoms with Gasteiger partial charge in [-0.25, -0.2) is 4.79 Å². The minimum absolute atomic E-state index is 0.192. The van der Waals surface area contributed by atoms with Crippen LogP contribution in [-0.2, 0) is 11.2 Å². The Morgan fingerprint density at radius 1 is 1.06 bits per heavy atom. The van der Waals surface area contributed by atoms with Crippen molar-refractivity contribution in [3.05, 3.63) is 59.2 Å². The second-order valence-corrected chi connectivity index (χ2v) is 10.1. The van der Waals surface area contributed by atoms with Gasteiger partial charge in [0.1, 0.15) is 11.4 Å². The summed E-state index contributed by atoms with van der Waals surface area (Å²) in [7, 11) is 0. The summed E-state index contributed by atoms with van der Waals surface area (Å²) >= 11 is 0. The SMILES string of the molecule is CC(C)(C)OC(=O)N1CC[C@@H](COc2ccc3c(c2)C(=O)CC3)[C@H](c2ccc(N)cc2)CC1. The fourth-order valence-electron chi connectivity index (χ4n) is 4.76. The molecule has 0 unspecified atom stereocenters. The number of nitrogen functional groups attached to an aromatic ring is 1. The van der Waals surface area contributed by atoms with Crippen LogP contribution in [0.1, 0.15) is 67.4 Å². The van der Waals surface area contributed by atoms with E-state index >= 15 is 0 Å². The lowest BCUT2D eigenvalue weighted by molar-refractivity contribution is 0.0253. The van der Waals surface area contributed by atoms with Gasteiger partial charge >= 0.3 is 6.09 Å². The van der Waals surface area contributed by atoms with Crippen LogP contribution in [0, 0.1) is 5.92 Å². The lowest BCUT2D eigenvalue weighted by Crippen LogP contribution is -2.37. The topological polar surface area (TPSA) is 81.9 Å². The number of nitrogens with two attached hydrogens (primary N) is 1. The first-order valence-electron chi connectivity index (χ1n) is 11.8. The van der Waals surface area contributed by atoms with Gasteiger partial charge in [0.05, 0.1) is 6.61 Å². The molecule has 2 aliphatic rings. The highest BCUT2D eigenvalue weighted by molar-refractivity contribution is 6.00. The van der Waals surface area contributed by atoms with Crippen LogP contribution in [0.2, 0.25) is 0 Å². The quantitative estimate of drug-likeness (QED) is 0.647. The molecule has 0 saturated carbocycles. The Labute approximate surface area is 196 Å². The highest BCUT2D eigenvalue weighted by Crippen LogP contribution is 2.35. The number of aryl methyl sites for hydroxylation is 1. The molecule has 33 heavy (non-hydrogen) atoms. The molecule has 1 aliphatic carbocycles. The van der Waals surface area contributed by atoms with Gasteiger partial charge < -0.3 is 20.1 Å². The number of fused-ring (bicyclic) bond motifs is 1. The molecule has 2 aromatic rings. The van der Waals surface area contributed by atoms with Crippen LogP contribution < -0.4 is 10.5 Å². The first-order valence-corrected chi connectivity index (χ1v) is 11.8. The van der Waals surface area contributed by atoms with Crippen molar-refractivity contribution < 1.29 is 19.1 Å². The molecular weight excluding hydrogens is 416 g/mol. The molecule has 0 spiro atoms. The lowest BCUT2D eigenvalue weighted by Gasteiger charge is -2.26. The summed E-state index contributed by atoms with van der Waals surface area (Å²) in [5.41, 5.74) is 9.22. The van der Waals surface area contributed by atoms with Crippen LogP contribution in [-0.4, -0.2) is 42.1 Å². The fourth-order valence-corrected chi connectivity index (χ4v) is 4.76. The van der Waals surface area contributed by atoms with Gasteiger partial charge in [-0.2, -0.15) is 0 Å². The Hall–Kier alpha value is -3.02. The van der Waals surface area contributed by atoms with Crippen molar-refractivity contribution in [2.75, 3.05) is 25.4 Å². The molecule has 0 radical (unpaired) electrons. The number of amides is 1. The van der Waals surface area contributed by atoms with Crippen molar-refractivity contribution in [2.45, 2.75) is 58.0 Å². The van der Waals surface area contributed by atoms with E-state index in [0.717, 1.165) is 41.8 Å². The highest BCUT2D eigenvalue weighted by atomic mass is 16.6. The predicted molar refractivity (Wildman–Crippen MR) is 129 cm³/mol. The molecule has 0 bridgehead atoms. The van der Waals surface area contributed by atoms with Crippen LogP contribution in [0.25, 0.3) is 0 Å². The number of ether oxygens (including phenoxy) is 2. The number of carbonyl (C=O) groups is 2. The first-order chi connectivity index (χ1) is 15.7. The summed E-state index contributed by atoms with van der Waals surface area (Å²) in [5, 5.41) is 0. The largest absolute Gasteiger partial charge is 0.493 e. The van der Waals surface area contributed by atoms with Crippen molar-refractivity contribution in [2.24, 2.45) is 5.92 Å². The van der Waals surface area contributed by atoms with Gasteiger partial charge in [-0.3, -0.25) is 4.79 Å². The molecule has 176 valence electrons. The number of hydrogen-bond acceptors (Lipinski definition) is 5. The standard InChI is InChI=1S/C27H34N2O4/c1-27(2,3)33-26(31)29-14-12-20(23(13-15-29)18-4-8-21(28)9-5-18)17-32-22-10-6-19-7-11-25(30)24(19)16-22/h4-6,8-10,16,20,23H,7,11-15,17,28H2,1-3H3/t20-,23-/m0/s1. The van der Waals surface area contributed by atoms with Crippen molar-refractivity contribution in [1.29, 1.82) is 0 Å². The summed E-state index contributed by atoms with van der Waals surface area (Å²) in [6.07, 6.45) is 2.76. The van der Waals surface area contributed by atoms with Crippen LogP contribution in [0.15, 0.2) is 42.5 Å². The van der Waals surface area contributed by atoms with E-state index < -0.39 is 5.60 Å². The predicted octanol–water partition coefficient (Wildman–Crippen LogP) is 5.21. The van der Waals surface area contributed by atoms with Crippen LogP contribution in [0.4, 0.5) is 10.5 Å². The Morgan fingerprint density at radius 2 is 1.79 bits per heavy atom. The second kappa shape index (κ2) is 9.46. The normalized spacial score (nSPS) is 20.8. The van der Waals surface area contributed by atoms with Gasteiger partial charge in [0.2, 0.25) is 0 Å². The van der Waals surface area contributed by atoms with Crippen molar-refractivity contribution in [3.63, 3.8) is 0 Å². The average molecular weight is 451 g/mol. The molecule has 1 aliphatic heterocycles. The third kappa shape index (κ3) is 5.67. The van der Waals surface area contributed by atoms with E-state index in [1.165, 1.54) is 5.56 Å². The first kappa shape index (κ1) is 23.1. The summed E-state index contributed by atoms with van der Waals surface area (Å²) in [4.78, 5) is 26.6. The van der Waals surface area contributed by atoms with Crippen LogP contribution >= 0.6 is 0 Å². The molecule has 1 amide bonds. The van der Waals surface area contributed by atoms with Gasteiger partial charge in [0, 0.05) is 36.7 Å². The van der Waals surface area contributed by atoms with E-state index in [0.29, 0.717) is 26.1 Å². The van der Waals surface area contributed by atoms with Gasteiger partial charge in [0.25, 0.3) is 0 Å². The molecule has 6 nitrogen and oxygen atoms in total. The van der Waals surface area contributed by atoms with Crippen LogP contribution in [0.3, 0.4) is 0 Å². The maximum atomic E-state index is 12.7. The molecule has 1 saturated heterocycles. The van der Waals surface area contributed by atoms with Crippen molar-refractivity contribution >= 4 is 17.6 Å². The second-order valence-electron chi connectivity index (χ2n) is 10.1. The van der Waals surface area contributed by atoms with E-state index in [2.05, 4.69) is 12.1 Å². The van der Waals surface area contributed by atoms with Gasteiger partial charge in [0.15, 0.2) is 5.78 Å². The number of anilines is 1. The Bertz CT molecular complexity index is 1010. The Kier molecular flexibility index (Phi) is 6.63. The van der Waals surface area contributed by atoms with Gasteiger partial charge in [-0.15, -0.1) is 0 Å². The van der Waals surface area contributed by atoms with E-state index in [1.807, 2.05) is 56.0 Å². The van der Waals surface area contributed by atoms with E-state index in [-0.39, 0.29) is 23.7 Å².